The van der Waals surface area contributed by atoms with Gasteiger partial charge < -0.3 is 10.6 Å². The van der Waals surface area contributed by atoms with E-state index < -0.39 is 0 Å². The summed E-state index contributed by atoms with van der Waals surface area (Å²) in [5, 5.41) is 5.78. The average molecular weight is 395 g/mol. The molecule has 0 saturated heterocycles. The van der Waals surface area contributed by atoms with Gasteiger partial charge in [0.05, 0.1) is 0 Å². The molecule has 2 amide bonds. The molecule has 132 valence electrons. The van der Waals surface area contributed by atoms with Gasteiger partial charge in [-0.1, -0.05) is 48.5 Å². The van der Waals surface area contributed by atoms with E-state index >= 15 is 0 Å². The number of carbonyl (C=O) groups is 2. The van der Waals surface area contributed by atoms with E-state index in [0.717, 1.165) is 22.1 Å². The van der Waals surface area contributed by atoms with E-state index in [1.165, 1.54) is 25.7 Å². The van der Waals surface area contributed by atoms with Crippen LogP contribution in [0.3, 0.4) is 0 Å². The molecule has 0 bridgehead atoms. The largest absolute Gasteiger partial charge is 0.355 e. The Morgan fingerprint density at radius 2 is 2.00 bits per heavy atom. The zero-order chi connectivity index (χ0) is 17.5. The third-order valence-electron chi connectivity index (χ3n) is 4.72. The number of amides is 2. The molecule has 1 aromatic carbocycles. The van der Waals surface area contributed by atoms with E-state index in [1.54, 1.807) is 0 Å². The first-order valence-electron chi connectivity index (χ1n) is 8.79. The van der Waals surface area contributed by atoms with Crippen molar-refractivity contribution in [2.45, 2.75) is 52.4 Å². The first kappa shape index (κ1) is 19.0. The molecule has 0 radical (unpaired) electrons. The molecule has 1 aliphatic rings. The normalized spacial score (nSPS) is 16.0. The van der Waals surface area contributed by atoms with Crippen molar-refractivity contribution in [3.8, 4) is 0 Å². The molecule has 0 heterocycles. The Morgan fingerprint density at radius 1 is 1.29 bits per heavy atom. The Bertz CT molecular complexity index is 583. The van der Waals surface area contributed by atoms with Gasteiger partial charge in [0, 0.05) is 29.0 Å². The lowest BCUT2D eigenvalue weighted by atomic mass is 9.94. The first-order valence-corrected chi connectivity index (χ1v) is 9.58. The molecule has 1 aliphatic carbocycles. The Morgan fingerprint density at radius 3 is 2.67 bits per heavy atom. The third-order valence-corrected chi connectivity index (χ3v) is 5.22. The quantitative estimate of drug-likeness (QED) is 0.718. The van der Waals surface area contributed by atoms with Crippen LogP contribution in [0.4, 0.5) is 5.69 Å². The monoisotopic (exact) mass is 394 g/mol. The minimum atomic E-state index is -0.0795. The van der Waals surface area contributed by atoms with Crippen LogP contribution >= 0.6 is 15.9 Å². The molecule has 0 aliphatic heterocycles. The van der Waals surface area contributed by atoms with Crippen molar-refractivity contribution >= 4 is 33.4 Å². The maximum absolute atomic E-state index is 12.1. The lowest BCUT2D eigenvalue weighted by Gasteiger charge is -2.16. The summed E-state index contributed by atoms with van der Waals surface area (Å²) in [6, 6.07) is 5.73. The summed E-state index contributed by atoms with van der Waals surface area (Å²) in [6.45, 7) is 4.32. The fourth-order valence-electron chi connectivity index (χ4n) is 3.31. The number of hydrogen-bond acceptors (Lipinski definition) is 2. The van der Waals surface area contributed by atoms with Gasteiger partial charge in [0.1, 0.15) is 0 Å². The van der Waals surface area contributed by atoms with Crippen LogP contribution in [0, 0.1) is 18.8 Å². The highest BCUT2D eigenvalue weighted by molar-refractivity contribution is 9.10. The number of rotatable bonds is 7. The smallest absolute Gasteiger partial charge is 0.226 e. The van der Waals surface area contributed by atoms with Gasteiger partial charge in [0.25, 0.3) is 0 Å². The molecular formula is C19H27BrN2O2. The minimum absolute atomic E-state index is 0.0323. The van der Waals surface area contributed by atoms with Gasteiger partial charge in [0.2, 0.25) is 11.8 Å². The van der Waals surface area contributed by atoms with Gasteiger partial charge >= 0.3 is 0 Å². The summed E-state index contributed by atoms with van der Waals surface area (Å²) in [4.78, 5) is 24.1. The number of halogens is 1. The highest BCUT2D eigenvalue weighted by atomic mass is 79.9. The molecule has 1 fully saturated rings. The van der Waals surface area contributed by atoms with E-state index in [9.17, 15) is 9.59 Å². The Hall–Kier alpha value is -1.36. The highest BCUT2D eigenvalue weighted by Gasteiger charge is 2.21. The lowest BCUT2D eigenvalue weighted by molar-refractivity contribution is -0.125. The summed E-state index contributed by atoms with van der Waals surface area (Å²) >= 11 is 3.40. The lowest BCUT2D eigenvalue weighted by Crippen LogP contribution is -2.32. The summed E-state index contributed by atoms with van der Waals surface area (Å²) in [6.07, 6.45) is 6.37. The van der Waals surface area contributed by atoms with Gasteiger partial charge in [-0.05, 0) is 43.0 Å². The molecule has 24 heavy (non-hydrogen) atoms. The van der Waals surface area contributed by atoms with Crippen molar-refractivity contribution in [2.75, 3.05) is 11.9 Å². The summed E-state index contributed by atoms with van der Waals surface area (Å²) in [7, 11) is 0. The zero-order valence-electron chi connectivity index (χ0n) is 14.5. The van der Waals surface area contributed by atoms with Gasteiger partial charge in [0.15, 0.2) is 0 Å². The van der Waals surface area contributed by atoms with E-state index in [-0.39, 0.29) is 24.2 Å². The molecule has 5 heteroatoms. The molecule has 1 unspecified atom stereocenters. The van der Waals surface area contributed by atoms with E-state index in [1.807, 2.05) is 32.0 Å². The van der Waals surface area contributed by atoms with Crippen molar-refractivity contribution in [1.29, 1.82) is 0 Å². The molecule has 2 N–H and O–H groups in total. The number of anilines is 1. The summed E-state index contributed by atoms with van der Waals surface area (Å²) in [5.41, 5.74) is 1.82. The maximum Gasteiger partial charge on any atom is 0.226 e. The van der Waals surface area contributed by atoms with Crippen LogP contribution in [0.1, 0.15) is 51.0 Å². The van der Waals surface area contributed by atoms with Crippen LogP contribution in [0.5, 0.6) is 0 Å². The second-order valence-corrected chi connectivity index (χ2v) is 7.75. The van der Waals surface area contributed by atoms with Crippen molar-refractivity contribution in [1.82, 2.24) is 5.32 Å². The minimum Gasteiger partial charge on any atom is -0.355 e. The van der Waals surface area contributed by atoms with Crippen LogP contribution in [-0.4, -0.2) is 18.4 Å². The van der Waals surface area contributed by atoms with E-state index in [2.05, 4.69) is 26.6 Å². The first-order chi connectivity index (χ1) is 11.5. The topological polar surface area (TPSA) is 58.2 Å². The molecule has 1 atom stereocenters. The van der Waals surface area contributed by atoms with Crippen LogP contribution in [0.25, 0.3) is 0 Å². The molecule has 4 nitrogen and oxygen atoms in total. The van der Waals surface area contributed by atoms with Crippen LogP contribution in [0.15, 0.2) is 22.7 Å². The molecule has 0 spiro atoms. The van der Waals surface area contributed by atoms with Crippen molar-refractivity contribution < 1.29 is 9.59 Å². The Labute approximate surface area is 152 Å². The number of aryl methyl sites for hydroxylation is 1. The summed E-state index contributed by atoms with van der Waals surface area (Å²) in [5.74, 6) is 0.720. The second kappa shape index (κ2) is 9.21. The second-order valence-electron chi connectivity index (χ2n) is 6.84. The van der Waals surface area contributed by atoms with Gasteiger partial charge in [-0.25, -0.2) is 0 Å². The third kappa shape index (κ3) is 5.93. The predicted octanol–water partition coefficient (Wildman–Crippen LogP) is 4.42. The highest BCUT2D eigenvalue weighted by Crippen LogP contribution is 2.30. The molecular weight excluding hydrogens is 368 g/mol. The van der Waals surface area contributed by atoms with Crippen LogP contribution in [0.2, 0.25) is 0 Å². The van der Waals surface area contributed by atoms with Crippen LogP contribution in [-0.2, 0) is 9.59 Å². The fourth-order valence-corrected chi connectivity index (χ4v) is 3.78. The molecule has 1 aromatic rings. The van der Waals surface area contributed by atoms with Gasteiger partial charge in [-0.3, -0.25) is 9.59 Å². The fraction of sp³-hybridized carbons (Fsp3) is 0.579. The van der Waals surface area contributed by atoms with Crippen LogP contribution < -0.4 is 10.6 Å². The van der Waals surface area contributed by atoms with Crippen molar-refractivity contribution in [2.24, 2.45) is 11.8 Å². The number of carbonyl (C=O) groups excluding carboxylic acids is 2. The Kier molecular flexibility index (Phi) is 7.28. The molecule has 1 saturated carbocycles. The predicted molar refractivity (Wildman–Crippen MR) is 101 cm³/mol. The standard InChI is InChI=1S/C19H27BrN2O2/c1-13-12-16(20)7-8-17(13)22-18(23)9-10-21-19(24)14(2)11-15-5-3-4-6-15/h7-8,12,14-15H,3-6,9-11H2,1-2H3,(H,21,24)(H,22,23). The van der Waals surface area contributed by atoms with Gasteiger partial charge in [-0.2, -0.15) is 0 Å². The maximum atomic E-state index is 12.1. The number of nitrogens with one attached hydrogen (secondary N) is 2. The van der Waals surface area contributed by atoms with E-state index in [4.69, 9.17) is 0 Å². The Balaban J connectivity index is 1.68. The van der Waals surface area contributed by atoms with Gasteiger partial charge in [-0.15, -0.1) is 0 Å². The average Bonchev–Trinajstić information content (AvgIpc) is 3.03. The number of hydrogen-bond donors (Lipinski definition) is 2. The molecule has 0 aromatic heterocycles. The summed E-state index contributed by atoms with van der Waals surface area (Å²) < 4.78 is 0.988. The number of benzene rings is 1. The van der Waals surface area contributed by atoms with E-state index in [0.29, 0.717) is 12.5 Å². The zero-order valence-corrected chi connectivity index (χ0v) is 16.1. The van der Waals surface area contributed by atoms with Crippen molar-refractivity contribution in [3.63, 3.8) is 0 Å². The SMILES string of the molecule is Cc1cc(Br)ccc1NC(=O)CCNC(=O)C(C)CC1CCCC1. The van der Waals surface area contributed by atoms with Crippen molar-refractivity contribution in [3.05, 3.63) is 28.2 Å². The molecule has 2 rings (SSSR count).